The van der Waals surface area contributed by atoms with Crippen molar-refractivity contribution in [3.8, 4) is 11.5 Å². The number of rotatable bonds is 4. The first-order valence-corrected chi connectivity index (χ1v) is 5.15. The van der Waals surface area contributed by atoms with Gasteiger partial charge in [-0.25, -0.2) is 4.98 Å². The zero-order chi connectivity index (χ0) is 12.3. The number of hydrogen-bond donors (Lipinski definition) is 1. The molecule has 0 fully saturated rings. The molecular weight excluding hydrogens is 302 g/mol. The van der Waals surface area contributed by atoms with E-state index >= 15 is 0 Å². The van der Waals surface area contributed by atoms with Gasteiger partial charge in [-0.1, -0.05) is 4.68 Å². The minimum Gasteiger partial charge on any atom is -1.00 e. The van der Waals surface area contributed by atoms with Gasteiger partial charge in [-0.3, -0.25) is 4.79 Å². The zero-order valence-electron chi connectivity index (χ0n) is 9.65. The van der Waals surface area contributed by atoms with E-state index in [1.165, 1.54) is 6.26 Å². The lowest BCUT2D eigenvalue weighted by Crippen LogP contribution is -3.00. The molecule has 2 rings (SSSR count). The van der Waals surface area contributed by atoms with Gasteiger partial charge in [0.05, 0.1) is 11.8 Å². The van der Waals surface area contributed by atoms with Crippen molar-refractivity contribution in [2.45, 2.75) is 13.5 Å². The topological polar surface area (TPSA) is 80.1 Å². The zero-order valence-corrected chi connectivity index (χ0v) is 11.2. The molecule has 0 aromatic carbocycles. The van der Waals surface area contributed by atoms with E-state index in [1.807, 2.05) is 0 Å². The summed E-state index contributed by atoms with van der Waals surface area (Å²) in [7, 11) is 0. The van der Waals surface area contributed by atoms with Crippen LogP contribution in [0.15, 0.2) is 35.3 Å². The summed E-state index contributed by atoms with van der Waals surface area (Å²) < 4.78 is 6.70. The van der Waals surface area contributed by atoms with Gasteiger partial charge in [0.1, 0.15) is 18.4 Å². The fourth-order valence-corrected chi connectivity index (χ4v) is 1.34. The van der Waals surface area contributed by atoms with Crippen LogP contribution in [0, 0.1) is 5.92 Å². The van der Waals surface area contributed by atoms with Gasteiger partial charge in [0.2, 0.25) is 5.89 Å². The van der Waals surface area contributed by atoms with Gasteiger partial charge in [-0.15, -0.1) is 0 Å². The van der Waals surface area contributed by atoms with Gasteiger partial charge in [-0.05, 0) is 12.0 Å². The molecule has 2 aromatic rings. The average Bonchev–Trinajstić information content (AvgIpc) is 2.83. The fourth-order valence-electron chi connectivity index (χ4n) is 1.34. The van der Waals surface area contributed by atoms with Crippen molar-refractivity contribution in [3.63, 3.8) is 0 Å². The van der Waals surface area contributed by atoms with Crippen LogP contribution < -0.4 is 21.7 Å². The molecule has 0 radical (unpaired) electrons. The van der Waals surface area contributed by atoms with Crippen LogP contribution in [0.2, 0.25) is 0 Å². The Morgan fingerprint density at radius 3 is 2.89 bits per heavy atom. The predicted octanol–water partition coefficient (Wildman–Crippen LogP) is -2.25. The van der Waals surface area contributed by atoms with Crippen LogP contribution in [-0.4, -0.2) is 21.2 Å². The number of carbonyl (C=O) groups is 1. The van der Waals surface area contributed by atoms with E-state index in [0.29, 0.717) is 12.4 Å². The molecular formula is C11H12BrN3O3. The van der Waals surface area contributed by atoms with Crippen LogP contribution in [0.4, 0.5) is 0 Å². The average molecular weight is 314 g/mol. The highest BCUT2D eigenvalue weighted by molar-refractivity contribution is 5.69. The highest BCUT2D eigenvalue weighted by Gasteiger charge is 2.17. The molecule has 1 unspecified atom stereocenters. The first kappa shape index (κ1) is 14.3. The van der Waals surface area contributed by atoms with Crippen LogP contribution in [0.5, 0.6) is 0 Å². The Bertz CT molecular complexity index is 499. The molecule has 96 valence electrons. The van der Waals surface area contributed by atoms with Crippen molar-refractivity contribution in [2.24, 2.45) is 5.92 Å². The van der Waals surface area contributed by atoms with E-state index in [1.54, 1.807) is 36.3 Å². The number of hydrogen-bond acceptors (Lipinski definition) is 4. The van der Waals surface area contributed by atoms with Crippen molar-refractivity contribution < 1.29 is 36.0 Å². The summed E-state index contributed by atoms with van der Waals surface area (Å²) in [5.41, 5.74) is 0.759. The SMILES string of the molecule is CC(C[n+]1ccc(-c2ncco2)cn1)C(=O)O.[Br-]. The van der Waals surface area contributed by atoms with E-state index in [9.17, 15) is 4.79 Å². The highest BCUT2D eigenvalue weighted by Crippen LogP contribution is 2.13. The summed E-state index contributed by atoms with van der Waals surface area (Å²) >= 11 is 0. The van der Waals surface area contributed by atoms with E-state index < -0.39 is 11.9 Å². The smallest absolute Gasteiger partial charge is 0.312 e. The Balaban J connectivity index is 0.00000162. The minimum absolute atomic E-state index is 0. The molecule has 0 aliphatic rings. The maximum Gasteiger partial charge on any atom is 0.312 e. The van der Waals surface area contributed by atoms with Crippen molar-refractivity contribution in [1.82, 2.24) is 10.1 Å². The number of aliphatic carboxylic acids is 1. The van der Waals surface area contributed by atoms with Gasteiger partial charge in [0.15, 0.2) is 12.7 Å². The van der Waals surface area contributed by atoms with Crippen molar-refractivity contribution in [2.75, 3.05) is 0 Å². The largest absolute Gasteiger partial charge is 1.00 e. The molecule has 0 bridgehead atoms. The molecule has 0 saturated carbocycles. The molecule has 2 aromatic heterocycles. The van der Waals surface area contributed by atoms with E-state index in [0.717, 1.165) is 5.56 Å². The van der Waals surface area contributed by atoms with Gasteiger partial charge >= 0.3 is 5.97 Å². The van der Waals surface area contributed by atoms with Crippen molar-refractivity contribution in [1.29, 1.82) is 0 Å². The normalized spacial score (nSPS) is 11.6. The monoisotopic (exact) mass is 313 g/mol. The Kier molecular flexibility index (Phi) is 4.96. The molecule has 7 heteroatoms. The summed E-state index contributed by atoms with van der Waals surface area (Å²) in [6.45, 7) is 1.97. The third-order valence-corrected chi connectivity index (χ3v) is 2.33. The third-order valence-electron chi connectivity index (χ3n) is 2.33. The lowest BCUT2D eigenvalue weighted by Gasteiger charge is -1.99. The van der Waals surface area contributed by atoms with E-state index in [-0.39, 0.29) is 17.0 Å². The quantitative estimate of drug-likeness (QED) is 0.645. The first-order valence-electron chi connectivity index (χ1n) is 5.15. The summed E-state index contributed by atoms with van der Waals surface area (Å²) in [5, 5.41) is 12.9. The number of halogens is 1. The fraction of sp³-hybridized carbons (Fsp3) is 0.273. The Morgan fingerprint density at radius 1 is 1.61 bits per heavy atom. The first-order chi connectivity index (χ1) is 8.16. The molecule has 0 aliphatic carbocycles. The number of oxazole rings is 1. The molecule has 6 nitrogen and oxygen atoms in total. The molecule has 18 heavy (non-hydrogen) atoms. The summed E-state index contributed by atoms with van der Waals surface area (Å²) in [5.74, 6) is -0.813. The lowest BCUT2D eigenvalue weighted by molar-refractivity contribution is -0.757. The maximum atomic E-state index is 10.7. The Hall–Kier alpha value is -1.76. The minimum atomic E-state index is -0.837. The van der Waals surface area contributed by atoms with Gasteiger partial charge in [0.25, 0.3) is 0 Å². The molecule has 0 spiro atoms. The van der Waals surface area contributed by atoms with Crippen LogP contribution in [0.1, 0.15) is 6.92 Å². The van der Waals surface area contributed by atoms with E-state index in [2.05, 4.69) is 10.1 Å². The second-order valence-corrected chi connectivity index (χ2v) is 3.71. The maximum absolute atomic E-state index is 10.7. The second kappa shape index (κ2) is 6.25. The molecule has 1 atom stereocenters. The number of nitrogens with zero attached hydrogens (tertiary/aromatic N) is 3. The number of carboxylic acids is 1. The Morgan fingerprint density at radius 2 is 2.39 bits per heavy atom. The summed E-state index contributed by atoms with van der Waals surface area (Å²) in [6.07, 6.45) is 6.35. The van der Waals surface area contributed by atoms with Gasteiger partial charge in [-0.2, -0.15) is 0 Å². The lowest BCUT2D eigenvalue weighted by atomic mass is 10.2. The third kappa shape index (κ3) is 3.36. The van der Waals surface area contributed by atoms with Crippen molar-refractivity contribution >= 4 is 5.97 Å². The number of aromatic nitrogens is 3. The molecule has 0 aliphatic heterocycles. The molecule has 1 N–H and O–H groups in total. The summed E-state index contributed by atoms with van der Waals surface area (Å²) in [6, 6.07) is 1.79. The van der Waals surface area contributed by atoms with Crippen LogP contribution in [-0.2, 0) is 11.3 Å². The standard InChI is InChI=1S/C11H11N3O3.BrH/c1-8(11(15)16)7-14-4-2-9(6-13-14)10-12-3-5-17-10;/h2-6,8H,7H2,1H3;1H. The van der Waals surface area contributed by atoms with Crippen molar-refractivity contribution in [3.05, 3.63) is 30.9 Å². The van der Waals surface area contributed by atoms with Crippen LogP contribution in [0.3, 0.4) is 0 Å². The number of carboxylic acid groups (broad SMARTS) is 1. The van der Waals surface area contributed by atoms with Gasteiger partial charge < -0.3 is 26.5 Å². The van der Waals surface area contributed by atoms with E-state index in [4.69, 9.17) is 9.52 Å². The molecule has 2 heterocycles. The highest BCUT2D eigenvalue weighted by atomic mass is 79.9. The molecule has 0 saturated heterocycles. The van der Waals surface area contributed by atoms with Crippen LogP contribution in [0.25, 0.3) is 11.5 Å². The molecule has 0 amide bonds. The van der Waals surface area contributed by atoms with Gasteiger partial charge in [0, 0.05) is 6.07 Å². The summed E-state index contributed by atoms with van der Waals surface area (Å²) in [4.78, 5) is 14.7. The second-order valence-electron chi connectivity index (χ2n) is 3.71. The van der Waals surface area contributed by atoms with Crippen LogP contribution >= 0.6 is 0 Å². The predicted molar refractivity (Wildman–Crippen MR) is 56.7 cm³/mol. The Labute approximate surface area is 114 Å².